The minimum atomic E-state index is -4.68. The van der Waals surface area contributed by atoms with Crippen LogP contribution in [0.3, 0.4) is 0 Å². The molecule has 1 saturated heterocycles. The second-order valence-corrected chi connectivity index (χ2v) is 5.64. The number of hydrogen-bond acceptors (Lipinski definition) is 3. The summed E-state index contributed by atoms with van der Waals surface area (Å²) in [6, 6.07) is 6.13. The Morgan fingerprint density at radius 2 is 1.83 bits per heavy atom. The molecule has 0 atom stereocenters. The van der Waals surface area contributed by atoms with Gasteiger partial charge in [-0.2, -0.15) is 0 Å². The third kappa shape index (κ3) is 6.57. The van der Waals surface area contributed by atoms with Gasteiger partial charge in [0.15, 0.2) is 0 Å². The summed E-state index contributed by atoms with van der Waals surface area (Å²) in [5.41, 5.74) is 0.818. The van der Waals surface area contributed by atoms with E-state index in [-0.39, 0.29) is 24.1 Å². The third-order valence-electron chi connectivity index (χ3n) is 4.04. The molecule has 0 unspecified atom stereocenters. The maximum Gasteiger partial charge on any atom is 0.573 e. The molecule has 1 aromatic carbocycles. The van der Waals surface area contributed by atoms with Crippen LogP contribution in [0, 0.1) is 0 Å². The fraction of sp³-hybridized carbons (Fsp3) is 0.562. The number of piperidine rings is 1. The molecule has 24 heavy (non-hydrogen) atoms. The Morgan fingerprint density at radius 3 is 2.33 bits per heavy atom. The van der Waals surface area contributed by atoms with Crippen molar-refractivity contribution in [2.75, 3.05) is 20.1 Å². The molecule has 0 radical (unpaired) electrons. The maximum absolute atomic E-state index is 12.2. The zero-order valence-electron chi connectivity index (χ0n) is 13.4. The van der Waals surface area contributed by atoms with E-state index in [9.17, 15) is 18.0 Å². The van der Waals surface area contributed by atoms with Crippen molar-refractivity contribution in [2.24, 2.45) is 0 Å². The lowest BCUT2D eigenvalue weighted by atomic mass is 10.0. The van der Waals surface area contributed by atoms with Crippen molar-refractivity contribution < 1.29 is 22.7 Å². The Kier molecular flexibility index (Phi) is 7.83. The highest BCUT2D eigenvalue weighted by atomic mass is 35.5. The van der Waals surface area contributed by atoms with Crippen LogP contribution in [0.25, 0.3) is 0 Å². The van der Waals surface area contributed by atoms with Crippen molar-refractivity contribution in [3.05, 3.63) is 29.8 Å². The minimum absolute atomic E-state index is 0. The third-order valence-corrected chi connectivity index (χ3v) is 4.04. The Labute approximate surface area is 145 Å². The fourth-order valence-electron chi connectivity index (χ4n) is 2.68. The van der Waals surface area contributed by atoms with E-state index >= 15 is 0 Å². The smallest absolute Gasteiger partial charge is 0.406 e. The van der Waals surface area contributed by atoms with E-state index in [1.54, 1.807) is 12.1 Å². The number of nitrogens with zero attached hydrogens (tertiary/aromatic N) is 1. The van der Waals surface area contributed by atoms with E-state index in [1.807, 2.05) is 11.9 Å². The number of halogens is 4. The molecule has 1 N–H and O–H groups in total. The number of ether oxygens (including phenoxy) is 1. The van der Waals surface area contributed by atoms with Gasteiger partial charge in [0.2, 0.25) is 5.91 Å². The van der Waals surface area contributed by atoms with Gasteiger partial charge in [-0.3, -0.25) is 4.79 Å². The SMILES string of the molecule is CNC1CCN(C(=O)CCc2ccc(OC(F)(F)F)cc2)CC1.Cl. The molecule has 0 aliphatic carbocycles. The summed E-state index contributed by atoms with van der Waals surface area (Å²) < 4.78 is 40.1. The molecule has 2 rings (SSSR count). The Balaban J connectivity index is 0.00000288. The molecular formula is C16H22ClF3N2O2. The second kappa shape index (κ2) is 9.13. The van der Waals surface area contributed by atoms with Crippen LogP contribution in [0.2, 0.25) is 0 Å². The molecule has 0 bridgehead atoms. The molecule has 0 aromatic heterocycles. The minimum Gasteiger partial charge on any atom is -0.406 e. The van der Waals surface area contributed by atoms with Crippen LogP contribution in [-0.4, -0.2) is 43.3 Å². The summed E-state index contributed by atoms with van der Waals surface area (Å²) in [5, 5.41) is 3.21. The predicted molar refractivity (Wildman–Crippen MR) is 87.4 cm³/mol. The highest BCUT2D eigenvalue weighted by molar-refractivity contribution is 5.85. The Hall–Kier alpha value is -1.47. The summed E-state index contributed by atoms with van der Waals surface area (Å²) >= 11 is 0. The van der Waals surface area contributed by atoms with E-state index < -0.39 is 6.36 Å². The lowest BCUT2D eigenvalue weighted by Crippen LogP contribution is -2.44. The lowest BCUT2D eigenvalue weighted by molar-refractivity contribution is -0.274. The largest absolute Gasteiger partial charge is 0.573 e. The molecule has 1 aromatic rings. The average Bonchev–Trinajstić information content (AvgIpc) is 2.52. The lowest BCUT2D eigenvalue weighted by Gasteiger charge is -2.31. The van der Waals surface area contributed by atoms with Crippen LogP contribution in [0.4, 0.5) is 13.2 Å². The van der Waals surface area contributed by atoms with Gasteiger partial charge in [-0.25, -0.2) is 0 Å². The average molecular weight is 367 g/mol. The quantitative estimate of drug-likeness (QED) is 0.870. The predicted octanol–water partition coefficient (Wildman–Crippen LogP) is 3.15. The van der Waals surface area contributed by atoms with E-state index in [4.69, 9.17) is 0 Å². The highest BCUT2D eigenvalue weighted by Crippen LogP contribution is 2.23. The van der Waals surface area contributed by atoms with Crippen molar-refractivity contribution in [3.8, 4) is 5.75 Å². The van der Waals surface area contributed by atoms with Crippen molar-refractivity contribution >= 4 is 18.3 Å². The van der Waals surface area contributed by atoms with Crippen LogP contribution >= 0.6 is 12.4 Å². The number of rotatable bonds is 5. The number of carbonyl (C=O) groups excluding carboxylic acids is 1. The standard InChI is InChI=1S/C16H21F3N2O2.ClH/c1-20-13-8-10-21(11-9-13)15(22)7-4-12-2-5-14(6-3-12)23-16(17,18)19;/h2-3,5-6,13,20H,4,7-11H2,1H3;1H. The van der Waals surface area contributed by atoms with E-state index in [2.05, 4.69) is 10.1 Å². The van der Waals surface area contributed by atoms with Gasteiger partial charge >= 0.3 is 6.36 Å². The first-order valence-electron chi connectivity index (χ1n) is 7.67. The number of likely N-dealkylation sites (tertiary alicyclic amines) is 1. The van der Waals surface area contributed by atoms with Crippen molar-refractivity contribution in [3.63, 3.8) is 0 Å². The van der Waals surface area contributed by atoms with Crippen molar-refractivity contribution in [1.82, 2.24) is 10.2 Å². The zero-order valence-corrected chi connectivity index (χ0v) is 14.3. The first-order chi connectivity index (χ1) is 10.9. The summed E-state index contributed by atoms with van der Waals surface area (Å²) in [6.07, 6.45) is -1.91. The van der Waals surface area contributed by atoms with Crippen molar-refractivity contribution in [1.29, 1.82) is 0 Å². The summed E-state index contributed by atoms with van der Waals surface area (Å²) in [7, 11) is 1.92. The number of carbonyl (C=O) groups is 1. The second-order valence-electron chi connectivity index (χ2n) is 5.64. The van der Waals surface area contributed by atoms with Gasteiger partial charge in [-0.05, 0) is 44.0 Å². The number of nitrogens with one attached hydrogen (secondary N) is 1. The Bertz CT molecular complexity index is 515. The van der Waals surface area contributed by atoms with Crippen LogP contribution in [0.1, 0.15) is 24.8 Å². The first kappa shape index (κ1) is 20.6. The molecule has 8 heteroatoms. The van der Waals surface area contributed by atoms with Gasteiger partial charge in [0.05, 0.1) is 0 Å². The van der Waals surface area contributed by atoms with Gasteiger partial charge in [0, 0.05) is 25.6 Å². The summed E-state index contributed by atoms with van der Waals surface area (Å²) in [4.78, 5) is 14.0. The molecule has 1 heterocycles. The van der Waals surface area contributed by atoms with E-state index in [0.29, 0.717) is 18.9 Å². The van der Waals surface area contributed by atoms with E-state index in [1.165, 1.54) is 12.1 Å². The van der Waals surface area contributed by atoms with Crippen molar-refractivity contribution in [2.45, 2.75) is 38.1 Å². The van der Waals surface area contributed by atoms with Gasteiger partial charge in [0.25, 0.3) is 0 Å². The molecule has 1 fully saturated rings. The molecule has 1 aliphatic heterocycles. The highest BCUT2D eigenvalue weighted by Gasteiger charge is 2.31. The molecule has 1 aliphatic rings. The summed E-state index contributed by atoms with van der Waals surface area (Å²) in [6.45, 7) is 1.51. The normalized spacial score (nSPS) is 15.8. The van der Waals surface area contributed by atoms with Gasteiger partial charge in [-0.1, -0.05) is 12.1 Å². The molecule has 136 valence electrons. The number of benzene rings is 1. The van der Waals surface area contributed by atoms with Gasteiger partial charge < -0.3 is 15.0 Å². The van der Waals surface area contributed by atoms with E-state index in [0.717, 1.165) is 31.5 Å². The molecule has 0 spiro atoms. The number of aryl methyl sites for hydroxylation is 1. The van der Waals surface area contributed by atoms with Crippen LogP contribution < -0.4 is 10.1 Å². The fourth-order valence-corrected chi connectivity index (χ4v) is 2.68. The molecule has 1 amide bonds. The van der Waals surface area contributed by atoms with Crippen LogP contribution in [-0.2, 0) is 11.2 Å². The van der Waals surface area contributed by atoms with Gasteiger partial charge in [0.1, 0.15) is 5.75 Å². The molecule has 4 nitrogen and oxygen atoms in total. The monoisotopic (exact) mass is 366 g/mol. The number of hydrogen-bond donors (Lipinski definition) is 1. The molecule has 0 saturated carbocycles. The topological polar surface area (TPSA) is 41.6 Å². The van der Waals surface area contributed by atoms with Crippen LogP contribution in [0.5, 0.6) is 5.75 Å². The number of alkyl halides is 3. The maximum atomic E-state index is 12.2. The molecular weight excluding hydrogens is 345 g/mol. The van der Waals surface area contributed by atoms with Gasteiger partial charge in [-0.15, -0.1) is 25.6 Å². The zero-order chi connectivity index (χ0) is 16.9. The number of amides is 1. The first-order valence-corrected chi connectivity index (χ1v) is 7.67. The summed E-state index contributed by atoms with van der Waals surface area (Å²) in [5.74, 6) is -0.156. The van der Waals surface area contributed by atoms with Crippen LogP contribution in [0.15, 0.2) is 24.3 Å². The Morgan fingerprint density at radius 1 is 1.25 bits per heavy atom.